The van der Waals surface area contributed by atoms with Crippen LogP contribution in [0.3, 0.4) is 0 Å². The van der Waals surface area contributed by atoms with Gasteiger partial charge in [0.1, 0.15) is 5.82 Å². The number of hydrogen-bond acceptors (Lipinski definition) is 3. The van der Waals surface area contributed by atoms with Crippen molar-refractivity contribution in [2.45, 2.75) is 33.1 Å². The summed E-state index contributed by atoms with van der Waals surface area (Å²) in [5, 5.41) is 0.0719. The lowest BCUT2D eigenvalue weighted by Gasteiger charge is -2.23. The molecule has 1 aromatic rings. The summed E-state index contributed by atoms with van der Waals surface area (Å²) in [6.45, 7) is 4.63. The predicted molar refractivity (Wildman–Crippen MR) is 83.5 cm³/mol. The highest BCUT2D eigenvalue weighted by atomic mass is 35.5. The fourth-order valence-corrected chi connectivity index (χ4v) is 2.23. The summed E-state index contributed by atoms with van der Waals surface area (Å²) in [6.07, 6.45) is 1.73. The van der Waals surface area contributed by atoms with Crippen molar-refractivity contribution < 1.29 is 18.7 Å². The molecule has 1 rings (SSSR count). The third-order valence-corrected chi connectivity index (χ3v) is 3.45. The van der Waals surface area contributed by atoms with Gasteiger partial charge in [-0.1, -0.05) is 31.0 Å². The molecule has 0 N–H and O–H groups in total. The van der Waals surface area contributed by atoms with Crippen LogP contribution in [0.5, 0.6) is 0 Å². The van der Waals surface area contributed by atoms with E-state index in [0.29, 0.717) is 13.2 Å². The minimum atomic E-state index is -0.657. The molecule has 0 aliphatic carbocycles. The summed E-state index contributed by atoms with van der Waals surface area (Å²) >= 11 is 5.94. The molecule has 0 fully saturated rings. The van der Waals surface area contributed by atoms with Gasteiger partial charge in [0.05, 0.1) is 23.6 Å². The Hall–Kier alpha value is -1.62. The van der Waals surface area contributed by atoms with Crippen LogP contribution in [0, 0.1) is 5.82 Å². The van der Waals surface area contributed by atoms with Crippen LogP contribution in [0.25, 0.3) is 0 Å². The molecule has 0 saturated carbocycles. The fraction of sp³-hybridized carbons (Fsp3) is 0.500. The van der Waals surface area contributed by atoms with Crippen molar-refractivity contribution in [3.63, 3.8) is 0 Å². The van der Waals surface area contributed by atoms with Gasteiger partial charge in [0.25, 0.3) is 5.91 Å². The second kappa shape index (κ2) is 9.41. The van der Waals surface area contributed by atoms with Gasteiger partial charge in [-0.25, -0.2) is 4.39 Å². The number of carbonyl (C=O) groups excluding carboxylic acids is 2. The fourth-order valence-electron chi connectivity index (χ4n) is 1.98. The Labute approximate surface area is 135 Å². The van der Waals surface area contributed by atoms with Crippen LogP contribution in [0.4, 0.5) is 4.39 Å². The Morgan fingerprint density at radius 2 is 2.00 bits per heavy atom. The molecule has 0 saturated heterocycles. The van der Waals surface area contributed by atoms with Gasteiger partial charge < -0.3 is 9.64 Å². The van der Waals surface area contributed by atoms with Gasteiger partial charge in [-0.3, -0.25) is 9.59 Å². The van der Waals surface area contributed by atoms with Crippen LogP contribution in [0.2, 0.25) is 5.02 Å². The van der Waals surface area contributed by atoms with E-state index in [4.69, 9.17) is 16.3 Å². The molecule has 0 heterocycles. The molecule has 4 nitrogen and oxygen atoms in total. The number of carbonyl (C=O) groups is 2. The molecule has 0 radical (unpaired) electrons. The average molecular weight is 330 g/mol. The van der Waals surface area contributed by atoms with Gasteiger partial charge in [-0.15, -0.1) is 0 Å². The van der Waals surface area contributed by atoms with E-state index in [2.05, 4.69) is 0 Å². The Balaban J connectivity index is 2.86. The summed E-state index contributed by atoms with van der Waals surface area (Å²) in [6, 6.07) is 4.12. The Kier molecular flexibility index (Phi) is 7.88. The third-order valence-electron chi connectivity index (χ3n) is 3.14. The first-order valence-electron chi connectivity index (χ1n) is 7.40. The minimum Gasteiger partial charge on any atom is -0.466 e. The van der Waals surface area contributed by atoms with E-state index in [-0.39, 0.29) is 29.5 Å². The highest BCUT2D eigenvalue weighted by molar-refractivity contribution is 6.33. The van der Waals surface area contributed by atoms with Crippen molar-refractivity contribution in [2.75, 3.05) is 19.7 Å². The van der Waals surface area contributed by atoms with Crippen molar-refractivity contribution in [1.82, 2.24) is 4.90 Å². The van der Waals surface area contributed by atoms with Gasteiger partial charge in [-0.2, -0.15) is 0 Å². The summed E-state index contributed by atoms with van der Waals surface area (Å²) in [5.74, 6) is -1.53. The Morgan fingerprint density at radius 1 is 1.27 bits per heavy atom. The van der Waals surface area contributed by atoms with E-state index in [0.717, 1.165) is 12.8 Å². The van der Waals surface area contributed by atoms with E-state index < -0.39 is 11.7 Å². The van der Waals surface area contributed by atoms with Crippen molar-refractivity contribution >= 4 is 23.5 Å². The number of hydrogen-bond donors (Lipinski definition) is 0. The molecular weight excluding hydrogens is 309 g/mol. The zero-order valence-corrected chi connectivity index (χ0v) is 13.7. The highest BCUT2D eigenvalue weighted by Crippen LogP contribution is 2.21. The number of unbranched alkanes of at least 4 members (excludes halogenated alkanes) is 1. The molecule has 0 bridgehead atoms. The molecule has 22 heavy (non-hydrogen) atoms. The van der Waals surface area contributed by atoms with E-state index in [9.17, 15) is 14.0 Å². The van der Waals surface area contributed by atoms with E-state index in [1.165, 1.54) is 23.1 Å². The second-order valence-corrected chi connectivity index (χ2v) is 5.20. The smallest absolute Gasteiger partial charge is 0.307 e. The third kappa shape index (κ3) is 5.30. The van der Waals surface area contributed by atoms with Crippen molar-refractivity contribution in [1.29, 1.82) is 0 Å². The van der Waals surface area contributed by atoms with Crippen molar-refractivity contribution in [3.8, 4) is 0 Å². The molecule has 0 aliphatic heterocycles. The van der Waals surface area contributed by atoms with E-state index in [1.807, 2.05) is 6.92 Å². The normalized spacial score (nSPS) is 10.4. The van der Waals surface area contributed by atoms with E-state index >= 15 is 0 Å². The number of esters is 1. The first-order valence-corrected chi connectivity index (χ1v) is 7.77. The van der Waals surface area contributed by atoms with Crippen LogP contribution in [-0.2, 0) is 9.53 Å². The number of halogens is 2. The lowest BCUT2D eigenvalue weighted by Crippen LogP contribution is -2.35. The quantitative estimate of drug-likeness (QED) is 0.684. The number of rotatable bonds is 8. The summed E-state index contributed by atoms with van der Waals surface area (Å²) in [5.41, 5.74) is -0.149. The van der Waals surface area contributed by atoms with Gasteiger partial charge in [-0.05, 0) is 25.5 Å². The standard InChI is InChI=1S/C16H21ClFNO3/c1-3-5-10-19(11-9-14(20)22-4-2)16(21)15-12(17)7-6-8-13(15)18/h6-8H,3-5,9-11H2,1-2H3. The minimum absolute atomic E-state index is 0.0719. The number of ether oxygens (including phenoxy) is 1. The zero-order chi connectivity index (χ0) is 16.5. The molecule has 122 valence electrons. The van der Waals surface area contributed by atoms with Crippen LogP contribution >= 0.6 is 11.6 Å². The molecule has 1 amide bonds. The molecular formula is C16H21ClFNO3. The monoisotopic (exact) mass is 329 g/mol. The molecule has 0 aromatic heterocycles. The average Bonchev–Trinajstić information content (AvgIpc) is 2.47. The predicted octanol–water partition coefficient (Wildman–Crippen LogP) is 3.67. The van der Waals surface area contributed by atoms with Gasteiger partial charge in [0, 0.05) is 13.1 Å². The maximum atomic E-state index is 13.9. The number of benzene rings is 1. The number of amides is 1. The van der Waals surface area contributed by atoms with Crippen LogP contribution in [-0.4, -0.2) is 36.5 Å². The molecule has 1 aromatic carbocycles. The summed E-state index contributed by atoms with van der Waals surface area (Å²) < 4.78 is 18.7. The van der Waals surface area contributed by atoms with Crippen molar-refractivity contribution in [2.24, 2.45) is 0 Å². The molecule has 0 atom stereocenters. The first-order chi connectivity index (χ1) is 10.5. The maximum absolute atomic E-state index is 13.9. The first kappa shape index (κ1) is 18.4. The Bertz CT molecular complexity index is 502. The second-order valence-electron chi connectivity index (χ2n) is 4.80. The maximum Gasteiger partial charge on any atom is 0.307 e. The molecule has 6 heteroatoms. The SMILES string of the molecule is CCCCN(CCC(=O)OCC)C(=O)c1c(F)cccc1Cl. The molecule has 0 aliphatic rings. The van der Waals surface area contributed by atoms with Crippen LogP contribution in [0.1, 0.15) is 43.5 Å². The topological polar surface area (TPSA) is 46.6 Å². The van der Waals surface area contributed by atoms with Crippen molar-refractivity contribution in [3.05, 3.63) is 34.6 Å². The van der Waals surface area contributed by atoms with Gasteiger partial charge >= 0.3 is 5.97 Å². The molecule has 0 spiro atoms. The van der Waals surface area contributed by atoms with Gasteiger partial charge in [0.2, 0.25) is 0 Å². The lowest BCUT2D eigenvalue weighted by molar-refractivity contribution is -0.143. The number of nitrogens with zero attached hydrogens (tertiary/aromatic N) is 1. The largest absolute Gasteiger partial charge is 0.466 e. The summed E-state index contributed by atoms with van der Waals surface area (Å²) in [7, 11) is 0. The van der Waals surface area contributed by atoms with Crippen LogP contribution < -0.4 is 0 Å². The van der Waals surface area contributed by atoms with Crippen LogP contribution in [0.15, 0.2) is 18.2 Å². The summed E-state index contributed by atoms with van der Waals surface area (Å²) in [4.78, 5) is 25.4. The van der Waals surface area contributed by atoms with E-state index in [1.54, 1.807) is 6.92 Å². The Morgan fingerprint density at radius 3 is 2.59 bits per heavy atom. The zero-order valence-electron chi connectivity index (χ0n) is 12.9. The lowest BCUT2D eigenvalue weighted by atomic mass is 10.1. The van der Waals surface area contributed by atoms with Gasteiger partial charge in [0.15, 0.2) is 0 Å². The highest BCUT2D eigenvalue weighted by Gasteiger charge is 2.22. The molecule has 0 unspecified atom stereocenters.